The molecule has 1 atom stereocenters. The first-order chi connectivity index (χ1) is 7.16. The first-order valence-electron chi connectivity index (χ1n) is 5.01. The Hall–Kier alpha value is -1.04. The van der Waals surface area contributed by atoms with Gasteiger partial charge in [-0.3, -0.25) is 5.32 Å². The van der Waals surface area contributed by atoms with Crippen LogP contribution in [0.2, 0.25) is 5.02 Å². The molecule has 15 heavy (non-hydrogen) atoms. The Morgan fingerprint density at radius 3 is 2.60 bits per heavy atom. The van der Waals surface area contributed by atoms with Crippen molar-refractivity contribution in [3.05, 3.63) is 34.9 Å². The molecule has 0 saturated carbocycles. The minimum absolute atomic E-state index is 0.137. The molecule has 0 bridgehead atoms. The summed E-state index contributed by atoms with van der Waals surface area (Å²) in [6.45, 7) is 4.56. The summed E-state index contributed by atoms with van der Waals surface area (Å²) in [5.41, 5.74) is 1.06. The van der Waals surface area contributed by atoms with Gasteiger partial charge in [0.15, 0.2) is 0 Å². The molecule has 0 saturated heterocycles. The van der Waals surface area contributed by atoms with Crippen LogP contribution in [0.4, 0.5) is 0 Å². The van der Waals surface area contributed by atoms with E-state index in [2.05, 4.69) is 25.2 Å². The Labute approximate surface area is 95.9 Å². The van der Waals surface area contributed by atoms with Crippen molar-refractivity contribution in [2.24, 2.45) is 5.92 Å². The molecule has 2 nitrogen and oxygen atoms in total. The van der Waals surface area contributed by atoms with Crippen LogP contribution in [0.15, 0.2) is 24.3 Å². The molecule has 3 heteroatoms. The highest BCUT2D eigenvalue weighted by atomic mass is 35.5. The van der Waals surface area contributed by atoms with Crippen LogP contribution in [-0.2, 0) is 0 Å². The van der Waals surface area contributed by atoms with Crippen LogP contribution < -0.4 is 5.32 Å². The maximum atomic E-state index is 8.57. The van der Waals surface area contributed by atoms with Gasteiger partial charge in [0.1, 0.15) is 0 Å². The fourth-order valence-corrected chi connectivity index (χ4v) is 1.84. The van der Waals surface area contributed by atoms with E-state index < -0.39 is 0 Å². The number of nitriles is 1. The summed E-state index contributed by atoms with van der Waals surface area (Å²) in [5.74, 6) is 0.401. The van der Waals surface area contributed by atoms with Crippen molar-refractivity contribution in [1.82, 2.24) is 5.32 Å². The number of halogens is 1. The predicted octanol–water partition coefficient (Wildman–Crippen LogP) is 3.15. The lowest BCUT2D eigenvalue weighted by Crippen LogP contribution is -2.26. The maximum absolute atomic E-state index is 8.57. The van der Waals surface area contributed by atoms with Crippen molar-refractivity contribution in [3.8, 4) is 6.07 Å². The van der Waals surface area contributed by atoms with Gasteiger partial charge >= 0.3 is 0 Å². The van der Waals surface area contributed by atoms with E-state index in [1.165, 1.54) is 0 Å². The van der Waals surface area contributed by atoms with Crippen LogP contribution in [0.3, 0.4) is 0 Å². The van der Waals surface area contributed by atoms with Gasteiger partial charge in [-0.2, -0.15) is 5.26 Å². The molecule has 0 aliphatic carbocycles. The van der Waals surface area contributed by atoms with E-state index in [0.29, 0.717) is 12.5 Å². The van der Waals surface area contributed by atoms with Crippen LogP contribution in [0.1, 0.15) is 25.5 Å². The highest BCUT2D eigenvalue weighted by molar-refractivity contribution is 6.31. The van der Waals surface area contributed by atoms with E-state index in [0.717, 1.165) is 10.6 Å². The lowest BCUT2D eigenvalue weighted by Gasteiger charge is -2.22. The molecule has 1 aromatic carbocycles. The molecule has 0 aliphatic heterocycles. The predicted molar refractivity (Wildman–Crippen MR) is 62.6 cm³/mol. The minimum Gasteiger partial charge on any atom is -0.297 e. The van der Waals surface area contributed by atoms with Gasteiger partial charge in [-0.05, 0) is 17.5 Å². The van der Waals surface area contributed by atoms with Crippen molar-refractivity contribution in [1.29, 1.82) is 5.26 Å². The van der Waals surface area contributed by atoms with Crippen molar-refractivity contribution >= 4 is 11.6 Å². The molecule has 1 rings (SSSR count). The van der Waals surface area contributed by atoms with Crippen LogP contribution >= 0.6 is 11.6 Å². The normalized spacial score (nSPS) is 12.5. The van der Waals surface area contributed by atoms with Crippen molar-refractivity contribution in [2.75, 3.05) is 6.54 Å². The van der Waals surface area contributed by atoms with Gasteiger partial charge in [0.2, 0.25) is 0 Å². The molecule has 0 radical (unpaired) electrons. The number of nitrogens with zero attached hydrogens (tertiary/aromatic N) is 1. The summed E-state index contributed by atoms with van der Waals surface area (Å²) in [7, 11) is 0. The average Bonchev–Trinajstić information content (AvgIpc) is 2.20. The summed E-state index contributed by atoms with van der Waals surface area (Å²) >= 11 is 6.12. The van der Waals surface area contributed by atoms with Gasteiger partial charge in [0, 0.05) is 11.1 Å². The highest BCUT2D eigenvalue weighted by Crippen LogP contribution is 2.27. The van der Waals surface area contributed by atoms with Gasteiger partial charge in [-0.15, -0.1) is 0 Å². The number of nitrogens with one attached hydrogen (secondary N) is 1. The summed E-state index contributed by atoms with van der Waals surface area (Å²) in [6.07, 6.45) is 0. The number of hydrogen-bond acceptors (Lipinski definition) is 2. The second kappa shape index (κ2) is 5.75. The van der Waals surface area contributed by atoms with E-state index in [4.69, 9.17) is 16.9 Å². The van der Waals surface area contributed by atoms with E-state index in [1.54, 1.807) is 0 Å². The van der Waals surface area contributed by atoms with Gasteiger partial charge in [0.05, 0.1) is 12.6 Å². The third kappa shape index (κ3) is 3.23. The van der Waals surface area contributed by atoms with E-state index in [-0.39, 0.29) is 6.04 Å². The Balaban J connectivity index is 2.90. The fraction of sp³-hybridized carbons (Fsp3) is 0.417. The Kier molecular flexibility index (Phi) is 4.61. The van der Waals surface area contributed by atoms with Crippen LogP contribution in [0.25, 0.3) is 0 Å². The Bertz CT molecular complexity index is 355. The second-order valence-electron chi connectivity index (χ2n) is 3.78. The maximum Gasteiger partial charge on any atom is 0.0845 e. The van der Waals surface area contributed by atoms with Crippen molar-refractivity contribution in [2.45, 2.75) is 19.9 Å². The molecule has 0 amide bonds. The monoisotopic (exact) mass is 222 g/mol. The first-order valence-corrected chi connectivity index (χ1v) is 5.39. The molecule has 0 aromatic heterocycles. The summed E-state index contributed by atoms with van der Waals surface area (Å²) in [5, 5.41) is 12.5. The zero-order valence-corrected chi connectivity index (χ0v) is 9.75. The molecular weight excluding hydrogens is 208 g/mol. The molecule has 80 valence electrons. The minimum atomic E-state index is 0.137. The highest BCUT2D eigenvalue weighted by Gasteiger charge is 2.16. The second-order valence-corrected chi connectivity index (χ2v) is 4.19. The van der Waals surface area contributed by atoms with E-state index in [9.17, 15) is 0 Å². The van der Waals surface area contributed by atoms with E-state index >= 15 is 0 Å². The van der Waals surface area contributed by atoms with E-state index in [1.807, 2.05) is 24.3 Å². The Morgan fingerprint density at radius 1 is 1.40 bits per heavy atom. The summed E-state index contributed by atoms with van der Waals surface area (Å²) in [4.78, 5) is 0. The molecule has 0 aliphatic rings. The average molecular weight is 223 g/mol. The third-order valence-electron chi connectivity index (χ3n) is 2.31. The number of hydrogen-bond donors (Lipinski definition) is 1. The molecule has 0 heterocycles. The van der Waals surface area contributed by atoms with Gasteiger partial charge in [-0.1, -0.05) is 43.6 Å². The topological polar surface area (TPSA) is 35.8 Å². The zero-order valence-electron chi connectivity index (χ0n) is 9.00. The number of benzene rings is 1. The lowest BCUT2D eigenvalue weighted by atomic mass is 9.96. The van der Waals surface area contributed by atoms with Gasteiger partial charge in [-0.25, -0.2) is 0 Å². The molecule has 0 spiro atoms. The van der Waals surface area contributed by atoms with Crippen LogP contribution in [0.5, 0.6) is 0 Å². The fourth-order valence-electron chi connectivity index (χ4n) is 1.59. The van der Waals surface area contributed by atoms with Gasteiger partial charge < -0.3 is 0 Å². The molecule has 1 N–H and O–H groups in total. The lowest BCUT2D eigenvalue weighted by molar-refractivity contribution is 0.431. The molecule has 0 fully saturated rings. The summed E-state index contributed by atoms with van der Waals surface area (Å²) in [6, 6.07) is 9.97. The first kappa shape index (κ1) is 12.0. The van der Waals surface area contributed by atoms with Crippen LogP contribution in [-0.4, -0.2) is 6.54 Å². The molecule has 1 aromatic rings. The molecular formula is C12H15ClN2. The largest absolute Gasteiger partial charge is 0.297 e. The van der Waals surface area contributed by atoms with Crippen molar-refractivity contribution < 1.29 is 0 Å². The smallest absolute Gasteiger partial charge is 0.0845 e. The molecule has 1 unspecified atom stereocenters. The van der Waals surface area contributed by atoms with Gasteiger partial charge in [0.25, 0.3) is 0 Å². The SMILES string of the molecule is CC(C)C(NCC#N)c1ccccc1Cl. The van der Waals surface area contributed by atoms with Crippen molar-refractivity contribution in [3.63, 3.8) is 0 Å². The third-order valence-corrected chi connectivity index (χ3v) is 2.65. The quantitative estimate of drug-likeness (QED) is 0.795. The number of rotatable bonds is 4. The van der Waals surface area contributed by atoms with Crippen LogP contribution in [0, 0.1) is 17.2 Å². The Morgan fingerprint density at radius 2 is 2.07 bits per heavy atom. The zero-order chi connectivity index (χ0) is 11.3. The standard InChI is InChI=1S/C12H15ClN2/c1-9(2)12(15-8-7-14)10-5-3-4-6-11(10)13/h3-6,9,12,15H,8H2,1-2H3. The summed E-state index contributed by atoms with van der Waals surface area (Å²) < 4.78 is 0.